The zero-order valence-electron chi connectivity index (χ0n) is 23.5. The maximum Gasteiger partial charge on any atom is 0.408 e. The molecule has 3 amide bonds. The third-order valence-corrected chi connectivity index (χ3v) is 5.78. The van der Waals surface area contributed by atoms with Crippen LogP contribution in [0.5, 0.6) is 0 Å². The van der Waals surface area contributed by atoms with E-state index < -0.39 is 47.7 Å². The quantitative estimate of drug-likeness (QED) is 0.466. The summed E-state index contributed by atoms with van der Waals surface area (Å²) in [4.78, 5) is 41.9. The van der Waals surface area contributed by atoms with Crippen molar-refractivity contribution >= 4 is 23.6 Å². The molecule has 0 aliphatic carbocycles. The zero-order valence-corrected chi connectivity index (χ0v) is 23.5. The smallest absolute Gasteiger partial charge is 0.408 e. The molecular formula is C30H39N3O5. The molecule has 0 bridgehead atoms. The fourth-order valence-corrected chi connectivity index (χ4v) is 4.12. The van der Waals surface area contributed by atoms with Gasteiger partial charge in [0, 0.05) is 16.8 Å². The maximum atomic E-state index is 14.1. The van der Waals surface area contributed by atoms with E-state index in [1.54, 1.807) is 65.8 Å². The SMILES string of the molecule is C#Cc1ccccc1C(C(=O)Nc1c(C)cccc1C)N(C(=O)C(CO)NC(=O)OC(C)(C)C)C(C)(C)C. The summed E-state index contributed by atoms with van der Waals surface area (Å²) in [5.41, 5.74) is 1.49. The fourth-order valence-electron chi connectivity index (χ4n) is 4.12. The van der Waals surface area contributed by atoms with Gasteiger partial charge in [-0.15, -0.1) is 6.42 Å². The molecule has 0 radical (unpaired) electrons. The number of amides is 3. The van der Waals surface area contributed by atoms with Gasteiger partial charge in [0.15, 0.2) is 0 Å². The monoisotopic (exact) mass is 521 g/mol. The summed E-state index contributed by atoms with van der Waals surface area (Å²) in [5, 5.41) is 15.5. The van der Waals surface area contributed by atoms with Crippen LogP contribution in [-0.2, 0) is 14.3 Å². The van der Waals surface area contributed by atoms with E-state index in [2.05, 4.69) is 16.6 Å². The molecule has 0 saturated carbocycles. The zero-order chi connectivity index (χ0) is 28.8. The Balaban J connectivity index is 2.64. The van der Waals surface area contributed by atoms with Crippen LogP contribution in [-0.4, -0.2) is 51.7 Å². The van der Waals surface area contributed by atoms with Crippen molar-refractivity contribution in [2.45, 2.75) is 78.6 Å². The molecule has 0 fully saturated rings. The number of para-hydroxylation sites is 1. The molecule has 38 heavy (non-hydrogen) atoms. The number of terminal acetylenes is 1. The summed E-state index contributed by atoms with van der Waals surface area (Å²) in [6.45, 7) is 13.4. The molecule has 0 heterocycles. The summed E-state index contributed by atoms with van der Waals surface area (Å²) < 4.78 is 5.28. The minimum absolute atomic E-state index is 0.441. The molecule has 204 valence electrons. The van der Waals surface area contributed by atoms with E-state index >= 15 is 0 Å². The lowest BCUT2D eigenvalue weighted by Crippen LogP contribution is -2.59. The highest BCUT2D eigenvalue weighted by Gasteiger charge is 2.42. The molecule has 3 N–H and O–H groups in total. The molecular weight excluding hydrogens is 482 g/mol. The number of rotatable bonds is 7. The van der Waals surface area contributed by atoms with Crippen molar-refractivity contribution in [3.63, 3.8) is 0 Å². The second-order valence-corrected chi connectivity index (χ2v) is 11.2. The van der Waals surface area contributed by atoms with Gasteiger partial charge in [-0.1, -0.05) is 42.3 Å². The molecule has 0 aliphatic rings. The van der Waals surface area contributed by atoms with E-state index in [4.69, 9.17) is 11.2 Å². The number of hydrogen-bond donors (Lipinski definition) is 3. The Bertz CT molecular complexity index is 1200. The van der Waals surface area contributed by atoms with Crippen molar-refractivity contribution in [1.82, 2.24) is 10.2 Å². The standard InChI is InChI=1S/C30H39N3O5/c1-10-21-16-11-12-17-22(21)25(26(35)32-24-19(2)14-13-15-20(24)3)33(29(4,5)6)27(36)23(18-34)31-28(37)38-30(7,8)9/h1,11-17,23,25,34H,18H2,2-9H3,(H,31,37)(H,32,35). The van der Waals surface area contributed by atoms with Gasteiger partial charge in [0.05, 0.1) is 6.61 Å². The summed E-state index contributed by atoms with van der Waals surface area (Å²) in [7, 11) is 0. The number of alkyl carbamates (subject to hydrolysis) is 1. The fraction of sp³-hybridized carbons (Fsp3) is 0.433. The molecule has 2 aromatic rings. The molecule has 0 aliphatic heterocycles. The number of nitrogens with one attached hydrogen (secondary N) is 2. The van der Waals surface area contributed by atoms with Gasteiger partial charge in [0.2, 0.25) is 5.91 Å². The Hall–Kier alpha value is -3.83. The summed E-state index contributed by atoms with van der Waals surface area (Å²) in [6.07, 6.45) is 4.92. The summed E-state index contributed by atoms with van der Waals surface area (Å²) in [6, 6.07) is 10.0. The molecule has 2 aromatic carbocycles. The van der Waals surface area contributed by atoms with Crippen molar-refractivity contribution in [3.05, 3.63) is 64.7 Å². The van der Waals surface area contributed by atoms with Crippen LogP contribution in [0.1, 0.15) is 69.8 Å². The lowest BCUT2D eigenvalue weighted by Gasteiger charge is -2.43. The lowest BCUT2D eigenvalue weighted by molar-refractivity contribution is -0.147. The highest BCUT2D eigenvalue weighted by Crippen LogP contribution is 2.33. The summed E-state index contributed by atoms with van der Waals surface area (Å²) in [5.74, 6) is 1.46. The Morgan fingerprint density at radius 1 is 1.00 bits per heavy atom. The number of benzene rings is 2. The van der Waals surface area contributed by atoms with Crippen LogP contribution in [0.4, 0.5) is 10.5 Å². The van der Waals surface area contributed by atoms with Gasteiger partial charge in [-0.05, 0) is 78.1 Å². The first-order chi connectivity index (χ1) is 17.6. The van der Waals surface area contributed by atoms with Crippen LogP contribution >= 0.6 is 0 Å². The number of aliphatic hydroxyl groups is 1. The third-order valence-electron chi connectivity index (χ3n) is 5.78. The minimum atomic E-state index is -1.36. The molecule has 8 heteroatoms. The second kappa shape index (κ2) is 12.1. The van der Waals surface area contributed by atoms with Gasteiger partial charge in [0.25, 0.3) is 5.91 Å². The van der Waals surface area contributed by atoms with Gasteiger partial charge in [-0.25, -0.2) is 4.79 Å². The van der Waals surface area contributed by atoms with Crippen molar-refractivity contribution in [2.75, 3.05) is 11.9 Å². The second-order valence-electron chi connectivity index (χ2n) is 11.2. The predicted molar refractivity (Wildman–Crippen MR) is 149 cm³/mol. The van der Waals surface area contributed by atoms with Crippen LogP contribution in [0.25, 0.3) is 0 Å². The highest BCUT2D eigenvalue weighted by atomic mass is 16.6. The molecule has 2 rings (SSSR count). The van der Waals surface area contributed by atoms with Crippen molar-refractivity contribution in [1.29, 1.82) is 0 Å². The van der Waals surface area contributed by atoms with Crippen LogP contribution in [0.3, 0.4) is 0 Å². The number of hydrogen-bond acceptors (Lipinski definition) is 5. The number of aryl methyl sites for hydroxylation is 2. The molecule has 2 atom stereocenters. The Morgan fingerprint density at radius 3 is 2.08 bits per heavy atom. The maximum absolute atomic E-state index is 14.1. The van der Waals surface area contributed by atoms with E-state index in [0.717, 1.165) is 11.1 Å². The first-order valence-corrected chi connectivity index (χ1v) is 12.5. The Kier molecular flexibility index (Phi) is 9.71. The number of ether oxygens (including phenoxy) is 1. The number of carbonyl (C=O) groups excluding carboxylic acids is 3. The topological polar surface area (TPSA) is 108 Å². The predicted octanol–water partition coefficient (Wildman–Crippen LogP) is 4.48. The molecule has 0 spiro atoms. The molecule has 0 saturated heterocycles. The molecule has 0 aromatic heterocycles. The number of aliphatic hydroxyl groups excluding tert-OH is 1. The van der Waals surface area contributed by atoms with Gasteiger partial charge in [-0.2, -0.15) is 0 Å². The van der Waals surface area contributed by atoms with Gasteiger partial charge in [-0.3, -0.25) is 9.59 Å². The molecule has 8 nitrogen and oxygen atoms in total. The first kappa shape index (κ1) is 30.4. The number of nitrogens with zero attached hydrogens (tertiary/aromatic N) is 1. The van der Waals surface area contributed by atoms with Crippen molar-refractivity contribution < 1.29 is 24.2 Å². The van der Waals surface area contributed by atoms with Crippen molar-refractivity contribution in [2.24, 2.45) is 0 Å². The van der Waals surface area contributed by atoms with E-state index in [1.165, 1.54) is 4.90 Å². The van der Waals surface area contributed by atoms with E-state index in [0.29, 0.717) is 16.8 Å². The lowest BCUT2D eigenvalue weighted by atomic mass is 9.92. The van der Waals surface area contributed by atoms with Crippen LogP contribution < -0.4 is 10.6 Å². The van der Waals surface area contributed by atoms with E-state index in [-0.39, 0.29) is 0 Å². The first-order valence-electron chi connectivity index (χ1n) is 12.5. The minimum Gasteiger partial charge on any atom is -0.444 e. The number of carbonyl (C=O) groups is 3. The van der Waals surface area contributed by atoms with E-state index in [1.807, 2.05) is 32.0 Å². The van der Waals surface area contributed by atoms with Gasteiger partial charge >= 0.3 is 6.09 Å². The summed E-state index contributed by atoms with van der Waals surface area (Å²) >= 11 is 0. The van der Waals surface area contributed by atoms with Crippen LogP contribution in [0, 0.1) is 26.2 Å². The average molecular weight is 522 g/mol. The highest BCUT2D eigenvalue weighted by molar-refractivity contribution is 6.00. The van der Waals surface area contributed by atoms with Gasteiger partial charge in [0.1, 0.15) is 17.7 Å². The average Bonchev–Trinajstić information content (AvgIpc) is 2.80. The van der Waals surface area contributed by atoms with Gasteiger partial charge < -0.3 is 25.4 Å². The van der Waals surface area contributed by atoms with Crippen LogP contribution in [0.2, 0.25) is 0 Å². The Labute approximate surface area is 225 Å². The molecule has 2 unspecified atom stereocenters. The number of anilines is 1. The van der Waals surface area contributed by atoms with Crippen molar-refractivity contribution in [3.8, 4) is 12.3 Å². The van der Waals surface area contributed by atoms with E-state index in [9.17, 15) is 19.5 Å². The normalized spacial score (nSPS) is 13.1. The third kappa shape index (κ3) is 7.59. The Morgan fingerprint density at radius 2 is 1.58 bits per heavy atom. The largest absolute Gasteiger partial charge is 0.444 e. The van der Waals surface area contributed by atoms with Crippen LogP contribution in [0.15, 0.2) is 42.5 Å².